The van der Waals surface area contributed by atoms with Crippen LogP contribution in [0, 0.1) is 11.7 Å². The van der Waals surface area contributed by atoms with Crippen LogP contribution in [0.1, 0.15) is 24.8 Å². The lowest BCUT2D eigenvalue weighted by Gasteiger charge is -2.26. The summed E-state index contributed by atoms with van der Waals surface area (Å²) in [5, 5.41) is 3.32. The van der Waals surface area contributed by atoms with Crippen LogP contribution in [0.5, 0.6) is 0 Å². The first-order valence-electron chi connectivity index (χ1n) is 7.18. The van der Waals surface area contributed by atoms with Crippen molar-refractivity contribution in [1.29, 1.82) is 0 Å². The second-order valence-electron chi connectivity index (χ2n) is 5.47. The van der Waals surface area contributed by atoms with Gasteiger partial charge in [0.25, 0.3) is 0 Å². The fourth-order valence-electron chi connectivity index (χ4n) is 2.59. The smallest absolute Gasteiger partial charge is 0.217 e. The van der Waals surface area contributed by atoms with Gasteiger partial charge in [0.2, 0.25) is 4.77 Å². The van der Waals surface area contributed by atoms with Gasteiger partial charge >= 0.3 is 0 Å². The Kier molecular flexibility index (Phi) is 3.98. The second-order valence-corrected chi connectivity index (χ2v) is 5.83. The van der Waals surface area contributed by atoms with E-state index in [0.29, 0.717) is 4.77 Å². The lowest BCUT2D eigenvalue weighted by atomic mass is 10.1. The number of nitrogens with zero attached hydrogens (tertiary/aromatic N) is 3. The maximum Gasteiger partial charge on any atom is 0.217 e. The molecule has 1 aliphatic rings. The zero-order valence-electron chi connectivity index (χ0n) is 11.8. The quantitative estimate of drug-likeness (QED) is 0.880. The van der Waals surface area contributed by atoms with Crippen LogP contribution in [0.25, 0.3) is 11.4 Å². The van der Waals surface area contributed by atoms with Gasteiger partial charge in [0.15, 0.2) is 5.82 Å². The number of hydrogen-bond acceptors (Lipinski definition) is 3. The van der Waals surface area contributed by atoms with Gasteiger partial charge in [-0.1, -0.05) is 36.2 Å². The lowest BCUT2D eigenvalue weighted by Crippen LogP contribution is -2.32. The van der Waals surface area contributed by atoms with Crippen LogP contribution >= 0.6 is 12.2 Å². The van der Waals surface area contributed by atoms with Gasteiger partial charge in [0.1, 0.15) is 0 Å². The van der Waals surface area contributed by atoms with Crippen molar-refractivity contribution in [2.24, 2.45) is 0 Å². The zero-order chi connectivity index (χ0) is 13.9. The number of hydrogen-bond donors (Lipinski definition) is 1. The maximum atomic E-state index is 5.36. The lowest BCUT2D eigenvalue weighted by molar-refractivity contribution is 0.172. The Labute approximate surface area is 124 Å². The molecule has 1 N–H and O–H groups in total. The van der Waals surface area contributed by atoms with E-state index in [0.717, 1.165) is 31.1 Å². The first kappa shape index (κ1) is 13.5. The molecule has 2 heterocycles. The van der Waals surface area contributed by atoms with Crippen LogP contribution in [0.4, 0.5) is 0 Å². The predicted octanol–water partition coefficient (Wildman–Crippen LogP) is 3.36. The van der Waals surface area contributed by atoms with E-state index in [4.69, 9.17) is 12.2 Å². The van der Waals surface area contributed by atoms with E-state index in [1.807, 2.05) is 4.68 Å². The summed E-state index contributed by atoms with van der Waals surface area (Å²) < 4.78 is 2.60. The standard InChI is InChI=1S/C15H20N4S/c1-12-5-7-13(8-6-12)14-16-15(20)19(17-14)11-18-9-3-2-4-10-18/h5-8H,2-4,9-11H2,1H3,(H,16,17,20). The summed E-state index contributed by atoms with van der Waals surface area (Å²) in [5.74, 6) is 0.854. The third-order valence-electron chi connectivity index (χ3n) is 3.79. The number of likely N-dealkylation sites (tertiary alicyclic amines) is 1. The second kappa shape index (κ2) is 5.89. The average Bonchev–Trinajstić information content (AvgIpc) is 2.82. The van der Waals surface area contributed by atoms with E-state index >= 15 is 0 Å². The molecule has 2 aromatic rings. The molecule has 20 heavy (non-hydrogen) atoms. The summed E-state index contributed by atoms with van der Waals surface area (Å²) in [6.45, 7) is 5.21. The van der Waals surface area contributed by atoms with E-state index < -0.39 is 0 Å². The molecule has 0 aliphatic carbocycles. The number of H-pyrrole nitrogens is 1. The van der Waals surface area contributed by atoms with Gasteiger partial charge < -0.3 is 0 Å². The predicted molar refractivity (Wildman–Crippen MR) is 83.0 cm³/mol. The molecule has 1 fully saturated rings. The molecule has 1 aromatic heterocycles. The van der Waals surface area contributed by atoms with Crippen LogP contribution < -0.4 is 0 Å². The highest BCUT2D eigenvalue weighted by Gasteiger charge is 2.12. The van der Waals surface area contributed by atoms with E-state index in [1.54, 1.807) is 0 Å². The van der Waals surface area contributed by atoms with Crippen molar-refractivity contribution < 1.29 is 0 Å². The summed E-state index contributed by atoms with van der Waals surface area (Å²) in [6.07, 6.45) is 3.91. The summed E-state index contributed by atoms with van der Waals surface area (Å²) in [7, 11) is 0. The minimum atomic E-state index is 0.631. The molecule has 0 amide bonds. The maximum absolute atomic E-state index is 5.36. The summed E-state index contributed by atoms with van der Waals surface area (Å²) in [4.78, 5) is 6.90. The third-order valence-corrected chi connectivity index (χ3v) is 4.11. The zero-order valence-corrected chi connectivity index (χ0v) is 12.6. The van der Waals surface area contributed by atoms with E-state index in [1.165, 1.54) is 24.8 Å². The number of aromatic nitrogens is 3. The Hall–Kier alpha value is -1.46. The fourth-order valence-corrected chi connectivity index (χ4v) is 2.79. The highest BCUT2D eigenvalue weighted by atomic mass is 32.1. The van der Waals surface area contributed by atoms with E-state index in [-0.39, 0.29) is 0 Å². The average molecular weight is 288 g/mol. The van der Waals surface area contributed by atoms with Gasteiger partial charge in [0.05, 0.1) is 6.67 Å². The molecule has 1 aromatic carbocycles. The Morgan fingerprint density at radius 1 is 1.15 bits per heavy atom. The summed E-state index contributed by atoms with van der Waals surface area (Å²) in [5.41, 5.74) is 2.33. The molecule has 0 atom stereocenters. The Morgan fingerprint density at radius 2 is 1.85 bits per heavy atom. The molecular weight excluding hydrogens is 268 g/mol. The molecule has 0 spiro atoms. The minimum Gasteiger partial charge on any atom is -0.284 e. The molecular formula is C15H20N4S. The third kappa shape index (κ3) is 2.99. The molecule has 0 bridgehead atoms. The first-order chi connectivity index (χ1) is 9.72. The Morgan fingerprint density at radius 3 is 2.55 bits per heavy atom. The van der Waals surface area contributed by atoms with Gasteiger partial charge in [-0.15, -0.1) is 0 Å². The Balaban J connectivity index is 1.79. The number of benzene rings is 1. The molecule has 1 aliphatic heterocycles. The van der Waals surface area contributed by atoms with Crippen LogP contribution in [0.3, 0.4) is 0 Å². The van der Waals surface area contributed by atoms with Crippen molar-refractivity contribution in [3.05, 3.63) is 34.6 Å². The SMILES string of the molecule is Cc1ccc(-c2nc(=S)n(CN3CCCCC3)[nH]2)cc1. The summed E-state index contributed by atoms with van der Waals surface area (Å²) in [6, 6.07) is 8.34. The Bertz CT molecular complexity index is 620. The van der Waals surface area contributed by atoms with Crippen molar-refractivity contribution in [2.75, 3.05) is 13.1 Å². The topological polar surface area (TPSA) is 36.9 Å². The molecule has 4 nitrogen and oxygen atoms in total. The minimum absolute atomic E-state index is 0.631. The van der Waals surface area contributed by atoms with Gasteiger partial charge in [-0.05, 0) is 45.1 Å². The van der Waals surface area contributed by atoms with Gasteiger partial charge in [-0.3, -0.25) is 10.00 Å². The van der Waals surface area contributed by atoms with Crippen molar-refractivity contribution in [3.63, 3.8) is 0 Å². The molecule has 0 unspecified atom stereocenters. The van der Waals surface area contributed by atoms with E-state index in [2.05, 4.69) is 46.2 Å². The van der Waals surface area contributed by atoms with Crippen molar-refractivity contribution >= 4 is 12.2 Å². The first-order valence-corrected chi connectivity index (χ1v) is 7.59. The fraction of sp³-hybridized carbons (Fsp3) is 0.467. The molecule has 3 rings (SSSR count). The van der Waals surface area contributed by atoms with Gasteiger partial charge in [-0.25, -0.2) is 4.68 Å². The molecule has 5 heteroatoms. The van der Waals surface area contributed by atoms with Gasteiger partial charge in [0, 0.05) is 5.56 Å². The van der Waals surface area contributed by atoms with Crippen molar-refractivity contribution in [1.82, 2.24) is 19.7 Å². The number of aromatic amines is 1. The molecule has 1 saturated heterocycles. The molecule has 0 radical (unpaired) electrons. The van der Waals surface area contributed by atoms with Crippen molar-refractivity contribution in [2.45, 2.75) is 32.9 Å². The number of aryl methyl sites for hydroxylation is 1. The molecule has 106 valence electrons. The van der Waals surface area contributed by atoms with Gasteiger partial charge in [-0.2, -0.15) is 4.98 Å². The number of piperidine rings is 1. The molecule has 0 saturated carbocycles. The highest BCUT2D eigenvalue weighted by molar-refractivity contribution is 7.71. The van der Waals surface area contributed by atoms with Crippen LogP contribution in [0.15, 0.2) is 24.3 Å². The number of nitrogens with one attached hydrogen (secondary N) is 1. The highest BCUT2D eigenvalue weighted by Crippen LogP contribution is 2.16. The van der Waals surface area contributed by atoms with Crippen LogP contribution in [-0.2, 0) is 6.67 Å². The van der Waals surface area contributed by atoms with Crippen LogP contribution in [0.2, 0.25) is 0 Å². The van der Waals surface area contributed by atoms with E-state index in [9.17, 15) is 0 Å². The largest absolute Gasteiger partial charge is 0.284 e. The number of rotatable bonds is 3. The van der Waals surface area contributed by atoms with Crippen LogP contribution in [-0.4, -0.2) is 32.8 Å². The van der Waals surface area contributed by atoms with Crippen molar-refractivity contribution in [3.8, 4) is 11.4 Å². The monoisotopic (exact) mass is 288 g/mol. The normalized spacial score (nSPS) is 16.4. The summed E-state index contributed by atoms with van der Waals surface area (Å²) >= 11 is 5.36.